The van der Waals surface area contributed by atoms with E-state index in [0.717, 1.165) is 11.3 Å². The van der Waals surface area contributed by atoms with Crippen LogP contribution in [0.25, 0.3) is 0 Å². The number of carbonyl (C=O) groups excluding carboxylic acids is 2. The van der Waals surface area contributed by atoms with Gasteiger partial charge in [0.2, 0.25) is 11.8 Å². The van der Waals surface area contributed by atoms with Crippen LogP contribution >= 0.6 is 23.2 Å². The van der Waals surface area contributed by atoms with Crippen molar-refractivity contribution in [1.29, 1.82) is 0 Å². The molecule has 1 atom stereocenters. The van der Waals surface area contributed by atoms with Gasteiger partial charge in [0.05, 0.1) is 16.1 Å². The predicted octanol–water partition coefficient (Wildman–Crippen LogP) is 4.03. The molecule has 144 valence electrons. The maximum atomic E-state index is 13.0. The van der Waals surface area contributed by atoms with Crippen molar-refractivity contribution in [3.8, 4) is 0 Å². The van der Waals surface area contributed by atoms with Crippen molar-refractivity contribution in [2.75, 3.05) is 6.54 Å². The Morgan fingerprint density at radius 1 is 1.15 bits per heavy atom. The lowest BCUT2D eigenvalue weighted by Crippen LogP contribution is -2.46. The molecule has 2 heterocycles. The summed E-state index contributed by atoms with van der Waals surface area (Å²) >= 11 is 12.3. The SMILES string of the molecule is CC(C)(C)NC(=O)CC(=O)N1CCn2cccc2[C@H]1c1ccc(Cl)c(Cl)c1. The van der Waals surface area contributed by atoms with Crippen LogP contribution in [0.4, 0.5) is 0 Å². The van der Waals surface area contributed by atoms with Crippen molar-refractivity contribution in [2.24, 2.45) is 0 Å². The van der Waals surface area contributed by atoms with E-state index in [1.165, 1.54) is 0 Å². The molecule has 0 spiro atoms. The zero-order valence-electron chi connectivity index (χ0n) is 15.6. The number of aromatic nitrogens is 1. The summed E-state index contributed by atoms with van der Waals surface area (Å²) in [7, 11) is 0. The number of amides is 2. The second-order valence-electron chi connectivity index (χ2n) is 7.76. The van der Waals surface area contributed by atoms with E-state index in [0.29, 0.717) is 23.1 Å². The summed E-state index contributed by atoms with van der Waals surface area (Å²) in [6, 6.07) is 9.03. The molecule has 0 fully saturated rings. The van der Waals surface area contributed by atoms with E-state index in [4.69, 9.17) is 23.2 Å². The highest BCUT2D eigenvalue weighted by atomic mass is 35.5. The van der Waals surface area contributed by atoms with Crippen molar-refractivity contribution in [2.45, 2.75) is 45.3 Å². The molecule has 2 amide bonds. The molecule has 0 radical (unpaired) electrons. The Balaban J connectivity index is 1.90. The van der Waals surface area contributed by atoms with Crippen LogP contribution in [-0.4, -0.2) is 33.4 Å². The van der Waals surface area contributed by atoms with E-state index in [1.807, 2.05) is 45.2 Å². The minimum absolute atomic E-state index is 0.185. The van der Waals surface area contributed by atoms with Gasteiger partial charge in [0.15, 0.2) is 0 Å². The van der Waals surface area contributed by atoms with Crippen LogP contribution in [0.1, 0.15) is 44.5 Å². The first kappa shape index (κ1) is 19.8. The number of fused-ring (bicyclic) bond motifs is 1. The van der Waals surface area contributed by atoms with E-state index in [-0.39, 0.29) is 29.8 Å². The Kier molecular flexibility index (Phi) is 5.54. The van der Waals surface area contributed by atoms with Crippen LogP contribution in [0, 0.1) is 0 Å². The number of halogens is 2. The largest absolute Gasteiger partial charge is 0.351 e. The number of nitrogens with one attached hydrogen (secondary N) is 1. The Bertz CT molecular complexity index is 870. The van der Waals surface area contributed by atoms with Gasteiger partial charge in [-0.25, -0.2) is 0 Å². The fourth-order valence-corrected chi connectivity index (χ4v) is 3.69. The van der Waals surface area contributed by atoms with Crippen LogP contribution < -0.4 is 5.32 Å². The standard InChI is InChI=1S/C20H23Cl2N3O2/c1-20(2,3)23-17(26)12-18(27)25-10-9-24-8-4-5-16(24)19(25)13-6-7-14(21)15(22)11-13/h4-8,11,19H,9-10,12H2,1-3H3,(H,23,26)/t19-/m1/s1. The molecule has 1 aliphatic rings. The topological polar surface area (TPSA) is 54.3 Å². The summed E-state index contributed by atoms with van der Waals surface area (Å²) < 4.78 is 2.12. The van der Waals surface area contributed by atoms with E-state index in [1.54, 1.807) is 17.0 Å². The van der Waals surface area contributed by atoms with E-state index in [2.05, 4.69) is 9.88 Å². The molecule has 3 rings (SSSR count). The zero-order chi connectivity index (χ0) is 19.8. The van der Waals surface area contributed by atoms with Crippen LogP contribution in [0.2, 0.25) is 10.0 Å². The lowest BCUT2D eigenvalue weighted by Gasteiger charge is -2.37. The van der Waals surface area contributed by atoms with Gasteiger partial charge < -0.3 is 14.8 Å². The second kappa shape index (κ2) is 7.56. The minimum atomic E-state index is -0.378. The Morgan fingerprint density at radius 3 is 2.56 bits per heavy atom. The van der Waals surface area contributed by atoms with Crippen molar-refractivity contribution in [3.63, 3.8) is 0 Å². The van der Waals surface area contributed by atoms with Crippen molar-refractivity contribution < 1.29 is 9.59 Å². The average Bonchev–Trinajstić information content (AvgIpc) is 3.03. The first-order valence-electron chi connectivity index (χ1n) is 8.86. The third-order valence-corrected chi connectivity index (χ3v) is 5.18. The fraction of sp³-hybridized carbons (Fsp3) is 0.400. The van der Waals surface area contributed by atoms with Gasteiger partial charge in [0.25, 0.3) is 0 Å². The summed E-state index contributed by atoms with van der Waals surface area (Å²) in [5.41, 5.74) is 1.48. The van der Waals surface area contributed by atoms with Gasteiger partial charge in [0, 0.05) is 30.5 Å². The Hall–Kier alpha value is -1.98. The van der Waals surface area contributed by atoms with Crippen LogP contribution in [-0.2, 0) is 16.1 Å². The van der Waals surface area contributed by atoms with E-state index >= 15 is 0 Å². The number of hydrogen-bond acceptors (Lipinski definition) is 2. The maximum absolute atomic E-state index is 13.0. The third kappa shape index (κ3) is 4.47. The highest BCUT2D eigenvalue weighted by Crippen LogP contribution is 2.35. The molecule has 1 aliphatic heterocycles. The molecular formula is C20H23Cl2N3O2. The Labute approximate surface area is 169 Å². The summed E-state index contributed by atoms with van der Waals surface area (Å²) in [4.78, 5) is 27.0. The zero-order valence-corrected chi connectivity index (χ0v) is 17.1. The number of benzene rings is 1. The van der Waals surface area contributed by atoms with E-state index in [9.17, 15) is 9.59 Å². The quantitative estimate of drug-likeness (QED) is 0.780. The molecule has 1 aromatic heterocycles. The molecule has 5 nitrogen and oxygen atoms in total. The van der Waals surface area contributed by atoms with Crippen LogP contribution in [0.5, 0.6) is 0 Å². The lowest BCUT2D eigenvalue weighted by molar-refractivity contribution is -0.138. The molecule has 2 aromatic rings. The summed E-state index contributed by atoms with van der Waals surface area (Å²) in [6.07, 6.45) is 1.81. The summed E-state index contributed by atoms with van der Waals surface area (Å²) in [6.45, 7) is 6.88. The molecule has 1 N–H and O–H groups in total. The molecule has 0 saturated carbocycles. The van der Waals surface area contributed by atoms with Gasteiger partial charge in [0.1, 0.15) is 6.42 Å². The number of hydrogen-bond donors (Lipinski definition) is 1. The van der Waals surface area contributed by atoms with Gasteiger partial charge >= 0.3 is 0 Å². The third-order valence-electron chi connectivity index (χ3n) is 4.44. The van der Waals surface area contributed by atoms with Gasteiger partial charge in [-0.05, 0) is 50.6 Å². The highest BCUT2D eigenvalue weighted by molar-refractivity contribution is 6.42. The summed E-state index contributed by atoms with van der Waals surface area (Å²) in [5, 5.41) is 3.75. The normalized spacial score (nSPS) is 16.8. The van der Waals surface area contributed by atoms with Gasteiger partial charge in [-0.1, -0.05) is 29.3 Å². The molecular weight excluding hydrogens is 385 g/mol. The lowest BCUT2D eigenvalue weighted by atomic mass is 9.99. The molecule has 1 aromatic carbocycles. The Morgan fingerprint density at radius 2 is 1.89 bits per heavy atom. The molecule has 0 bridgehead atoms. The minimum Gasteiger partial charge on any atom is -0.351 e. The van der Waals surface area contributed by atoms with Crippen molar-refractivity contribution in [3.05, 3.63) is 57.8 Å². The number of rotatable bonds is 3. The summed E-state index contributed by atoms with van der Waals surface area (Å²) in [5.74, 6) is -0.485. The first-order chi connectivity index (χ1) is 12.7. The first-order valence-corrected chi connectivity index (χ1v) is 9.62. The fourth-order valence-electron chi connectivity index (χ4n) is 3.39. The monoisotopic (exact) mass is 407 g/mol. The smallest absolute Gasteiger partial charge is 0.232 e. The molecule has 0 unspecified atom stereocenters. The van der Waals surface area contributed by atoms with Gasteiger partial charge in [-0.15, -0.1) is 0 Å². The molecule has 7 heteroatoms. The predicted molar refractivity (Wildman–Crippen MR) is 107 cm³/mol. The van der Waals surface area contributed by atoms with Crippen LogP contribution in [0.15, 0.2) is 36.5 Å². The maximum Gasteiger partial charge on any atom is 0.232 e. The van der Waals surface area contributed by atoms with Gasteiger partial charge in [-0.3, -0.25) is 9.59 Å². The molecule has 0 aliphatic carbocycles. The van der Waals surface area contributed by atoms with Gasteiger partial charge in [-0.2, -0.15) is 0 Å². The molecule has 27 heavy (non-hydrogen) atoms. The van der Waals surface area contributed by atoms with Crippen molar-refractivity contribution >= 4 is 35.0 Å². The highest BCUT2D eigenvalue weighted by Gasteiger charge is 2.33. The number of nitrogens with zero attached hydrogens (tertiary/aromatic N) is 2. The van der Waals surface area contributed by atoms with Crippen LogP contribution in [0.3, 0.4) is 0 Å². The van der Waals surface area contributed by atoms with Crippen molar-refractivity contribution in [1.82, 2.24) is 14.8 Å². The number of carbonyl (C=O) groups is 2. The molecule has 0 saturated heterocycles. The van der Waals surface area contributed by atoms with E-state index < -0.39 is 0 Å². The average molecular weight is 408 g/mol. The second-order valence-corrected chi connectivity index (χ2v) is 8.58.